The number of aryl methyl sites for hydroxylation is 1. The molecular formula is C15H15FN2O. The lowest BCUT2D eigenvalue weighted by Gasteiger charge is -2.08. The molecule has 98 valence electrons. The quantitative estimate of drug-likeness (QED) is 0.886. The molecule has 2 rings (SSSR count). The summed E-state index contributed by atoms with van der Waals surface area (Å²) < 4.78 is 13.4. The first-order chi connectivity index (χ1) is 9.06. The molecule has 0 unspecified atom stereocenters. The zero-order chi connectivity index (χ0) is 13.8. The highest BCUT2D eigenvalue weighted by Crippen LogP contribution is 2.14. The largest absolute Gasteiger partial charge is 0.381 e. The van der Waals surface area contributed by atoms with E-state index in [1.807, 2.05) is 18.2 Å². The van der Waals surface area contributed by atoms with Crippen LogP contribution in [0, 0.1) is 12.7 Å². The summed E-state index contributed by atoms with van der Waals surface area (Å²) in [6.45, 7) is 2.28. The zero-order valence-corrected chi connectivity index (χ0v) is 10.6. The Morgan fingerprint density at radius 3 is 2.47 bits per heavy atom. The Labute approximate surface area is 111 Å². The molecule has 0 saturated carbocycles. The average molecular weight is 258 g/mol. The van der Waals surface area contributed by atoms with Gasteiger partial charge in [0, 0.05) is 17.8 Å². The Morgan fingerprint density at radius 1 is 1.21 bits per heavy atom. The van der Waals surface area contributed by atoms with Gasteiger partial charge < -0.3 is 11.1 Å². The molecule has 3 nitrogen and oxygen atoms in total. The molecule has 0 spiro atoms. The zero-order valence-electron chi connectivity index (χ0n) is 10.6. The van der Waals surface area contributed by atoms with E-state index in [1.165, 1.54) is 6.07 Å². The summed E-state index contributed by atoms with van der Waals surface area (Å²) in [4.78, 5) is 10.9. The molecule has 0 fully saturated rings. The molecule has 0 atom stereocenters. The van der Waals surface area contributed by atoms with Gasteiger partial charge in [-0.1, -0.05) is 18.2 Å². The van der Waals surface area contributed by atoms with Crippen molar-refractivity contribution in [2.24, 2.45) is 5.73 Å². The summed E-state index contributed by atoms with van der Waals surface area (Å²) >= 11 is 0. The van der Waals surface area contributed by atoms with Crippen LogP contribution in [-0.4, -0.2) is 5.91 Å². The van der Waals surface area contributed by atoms with Crippen molar-refractivity contribution in [1.29, 1.82) is 0 Å². The molecule has 0 heterocycles. The minimum Gasteiger partial charge on any atom is -0.381 e. The van der Waals surface area contributed by atoms with Crippen LogP contribution < -0.4 is 11.1 Å². The third-order valence-electron chi connectivity index (χ3n) is 2.91. The van der Waals surface area contributed by atoms with Crippen molar-refractivity contribution in [2.45, 2.75) is 13.5 Å². The number of carbonyl (C=O) groups is 1. The second-order valence-electron chi connectivity index (χ2n) is 4.38. The summed E-state index contributed by atoms with van der Waals surface area (Å²) in [5.41, 5.74) is 7.98. The average Bonchev–Trinajstić information content (AvgIpc) is 2.40. The molecule has 0 aliphatic rings. The molecule has 0 radical (unpaired) electrons. The lowest BCUT2D eigenvalue weighted by molar-refractivity contribution is 0.100. The molecule has 19 heavy (non-hydrogen) atoms. The molecule has 0 aliphatic heterocycles. The fraction of sp³-hybridized carbons (Fsp3) is 0.133. The van der Waals surface area contributed by atoms with Crippen LogP contribution in [-0.2, 0) is 6.54 Å². The van der Waals surface area contributed by atoms with E-state index in [0.29, 0.717) is 17.7 Å². The number of nitrogens with two attached hydrogens (primary N) is 1. The Morgan fingerprint density at radius 2 is 1.89 bits per heavy atom. The summed E-state index contributed by atoms with van der Waals surface area (Å²) in [7, 11) is 0. The first-order valence-corrected chi connectivity index (χ1v) is 5.95. The number of halogens is 1. The van der Waals surface area contributed by atoms with Crippen molar-refractivity contribution < 1.29 is 9.18 Å². The smallest absolute Gasteiger partial charge is 0.248 e. The van der Waals surface area contributed by atoms with Gasteiger partial charge in [-0.2, -0.15) is 0 Å². The van der Waals surface area contributed by atoms with Crippen molar-refractivity contribution >= 4 is 11.6 Å². The number of carbonyl (C=O) groups excluding carboxylic acids is 1. The molecule has 3 N–H and O–H groups in total. The standard InChI is InChI=1S/C15H15FN2O/c1-10-2-7-13(8-14(10)16)18-9-11-3-5-12(6-4-11)15(17)19/h2-8,18H,9H2,1H3,(H2,17,19). The number of anilines is 1. The maximum absolute atomic E-state index is 13.4. The summed E-state index contributed by atoms with van der Waals surface area (Å²) in [6.07, 6.45) is 0. The van der Waals surface area contributed by atoms with E-state index in [1.54, 1.807) is 25.1 Å². The monoisotopic (exact) mass is 258 g/mol. The molecule has 4 heteroatoms. The van der Waals surface area contributed by atoms with Crippen molar-refractivity contribution in [2.75, 3.05) is 5.32 Å². The van der Waals surface area contributed by atoms with Crippen LogP contribution in [0.4, 0.5) is 10.1 Å². The number of benzene rings is 2. The van der Waals surface area contributed by atoms with E-state index >= 15 is 0 Å². The van der Waals surface area contributed by atoms with Gasteiger partial charge in [0.1, 0.15) is 5.82 Å². The molecular weight excluding hydrogens is 243 g/mol. The predicted molar refractivity (Wildman–Crippen MR) is 73.4 cm³/mol. The van der Waals surface area contributed by atoms with E-state index in [0.717, 1.165) is 11.3 Å². The first kappa shape index (κ1) is 13.1. The number of hydrogen-bond acceptors (Lipinski definition) is 2. The number of hydrogen-bond donors (Lipinski definition) is 2. The topological polar surface area (TPSA) is 55.1 Å². The summed E-state index contributed by atoms with van der Waals surface area (Å²) in [5.74, 6) is -0.672. The minimum atomic E-state index is -0.444. The van der Waals surface area contributed by atoms with Gasteiger partial charge in [0.05, 0.1) is 0 Å². The lowest BCUT2D eigenvalue weighted by atomic mass is 10.1. The maximum Gasteiger partial charge on any atom is 0.248 e. The minimum absolute atomic E-state index is 0.228. The number of amides is 1. The molecule has 1 amide bonds. The second-order valence-corrected chi connectivity index (χ2v) is 4.38. The van der Waals surface area contributed by atoms with Crippen molar-refractivity contribution in [1.82, 2.24) is 0 Å². The van der Waals surface area contributed by atoms with Crippen LogP contribution in [0.15, 0.2) is 42.5 Å². The molecule has 0 aromatic heterocycles. The fourth-order valence-corrected chi connectivity index (χ4v) is 1.69. The third-order valence-corrected chi connectivity index (χ3v) is 2.91. The van der Waals surface area contributed by atoms with E-state index in [2.05, 4.69) is 5.32 Å². The molecule has 2 aromatic carbocycles. The Balaban J connectivity index is 2.01. The van der Waals surface area contributed by atoms with Gasteiger partial charge in [0.2, 0.25) is 5.91 Å². The van der Waals surface area contributed by atoms with E-state index in [-0.39, 0.29) is 5.82 Å². The van der Waals surface area contributed by atoms with E-state index in [9.17, 15) is 9.18 Å². The van der Waals surface area contributed by atoms with Gasteiger partial charge in [-0.05, 0) is 42.3 Å². The molecule has 0 saturated heterocycles. The van der Waals surface area contributed by atoms with Crippen LogP contribution in [0.3, 0.4) is 0 Å². The maximum atomic E-state index is 13.4. The van der Waals surface area contributed by atoms with Gasteiger partial charge in [-0.25, -0.2) is 4.39 Å². The van der Waals surface area contributed by atoms with Crippen LogP contribution in [0.25, 0.3) is 0 Å². The first-order valence-electron chi connectivity index (χ1n) is 5.95. The highest BCUT2D eigenvalue weighted by atomic mass is 19.1. The highest BCUT2D eigenvalue weighted by molar-refractivity contribution is 5.92. The van der Waals surface area contributed by atoms with Gasteiger partial charge >= 0.3 is 0 Å². The van der Waals surface area contributed by atoms with Gasteiger partial charge in [-0.15, -0.1) is 0 Å². The Bertz CT molecular complexity index is 594. The Kier molecular flexibility index (Phi) is 3.80. The second kappa shape index (κ2) is 5.52. The molecule has 0 aliphatic carbocycles. The van der Waals surface area contributed by atoms with Gasteiger partial charge in [0.15, 0.2) is 0 Å². The SMILES string of the molecule is Cc1ccc(NCc2ccc(C(N)=O)cc2)cc1F. The van der Waals surface area contributed by atoms with E-state index in [4.69, 9.17) is 5.73 Å². The van der Waals surface area contributed by atoms with Crippen molar-refractivity contribution in [3.63, 3.8) is 0 Å². The van der Waals surface area contributed by atoms with Crippen LogP contribution in [0.2, 0.25) is 0 Å². The fourth-order valence-electron chi connectivity index (χ4n) is 1.69. The number of rotatable bonds is 4. The number of nitrogens with one attached hydrogen (secondary N) is 1. The molecule has 2 aromatic rings. The normalized spacial score (nSPS) is 10.2. The van der Waals surface area contributed by atoms with E-state index < -0.39 is 5.91 Å². The molecule has 0 bridgehead atoms. The van der Waals surface area contributed by atoms with Gasteiger partial charge in [0.25, 0.3) is 0 Å². The van der Waals surface area contributed by atoms with Crippen LogP contribution >= 0.6 is 0 Å². The summed E-state index contributed by atoms with van der Waals surface area (Å²) in [5, 5.41) is 3.12. The highest BCUT2D eigenvalue weighted by Gasteiger charge is 2.01. The Hall–Kier alpha value is -2.36. The van der Waals surface area contributed by atoms with Crippen molar-refractivity contribution in [3.8, 4) is 0 Å². The lowest BCUT2D eigenvalue weighted by Crippen LogP contribution is -2.10. The summed E-state index contributed by atoms with van der Waals surface area (Å²) in [6, 6.07) is 12.0. The third kappa shape index (κ3) is 3.31. The van der Waals surface area contributed by atoms with Crippen LogP contribution in [0.5, 0.6) is 0 Å². The van der Waals surface area contributed by atoms with Gasteiger partial charge in [-0.3, -0.25) is 4.79 Å². The number of primary amides is 1. The van der Waals surface area contributed by atoms with Crippen LogP contribution in [0.1, 0.15) is 21.5 Å². The van der Waals surface area contributed by atoms with Crippen molar-refractivity contribution in [3.05, 3.63) is 65.0 Å². The predicted octanol–water partition coefficient (Wildman–Crippen LogP) is 2.85.